The predicted octanol–water partition coefficient (Wildman–Crippen LogP) is 10.0. The lowest BCUT2D eigenvalue weighted by atomic mass is 10.0. The number of hydrogen-bond donors (Lipinski definition) is 0. The average molecular weight is 503 g/mol. The standard InChI is InChI=1S/C35H22N2O2/c1-3-10-23(11-4-1)35-36-34-28-15-9-16-30(26(28)19-21-33(34)39-35)37(24-12-5-2-6-13-24)25-18-20-32-29(22-25)27-14-7-8-17-31(27)38-32/h1-22H. The Kier molecular flexibility index (Phi) is 4.79. The highest BCUT2D eigenvalue weighted by atomic mass is 16.3. The summed E-state index contributed by atoms with van der Waals surface area (Å²) in [5.74, 6) is 0.626. The van der Waals surface area contributed by atoms with Gasteiger partial charge in [-0.25, -0.2) is 4.98 Å². The van der Waals surface area contributed by atoms with Crippen LogP contribution in [0.2, 0.25) is 0 Å². The molecule has 8 rings (SSSR count). The number of benzene rings is 6. The minimum atomic E-state index is 0.626. The van der Waals surface area contributed by atoms with Gasteiger partial charge in [-0.1, -0.05) is 66.7 Å². The Morgan fingerprint density at radius 2 is 1.18 bits per heavy atom. The molecule has 0 aliphatic heterocycles. The molecule has 8 aromatic rings. The quantitative estimate of drug-likeness (QED) is 0.240. The van der Waals surface area contributed by atoms with Gasteiger partial charge in [-0.3, -0.25) is 0 Å². The number of hydrogen-bond acceptors (Lipinski definition) is 4. The Labute approximate surface area is 224 Å². The molecule has 0 saturated heterocycles. The summed E-state index contributed by atoms with van der Waals surface area (Å²) in [7, 11) is 0. The van der Waals surface area contributed by atoms with Gasteiger partial charge in [0.2, 0.25) is 5.89 Å². The van der Waals surface area contributed by atoms with Crippen LogP contribution < -0.4 is 4.90 Å². The molecule has 0 aliphatic rings. The number of furan rings is 1. The summed E-state index contributed by atoms with van der Waals surface area (Å²) in [5.41, 5.74) is 7.56. The predicted molar refractivity (Wildman–Crippen MR) is 159 cm³/mol. The molecule has 184 valence electrons. The number of fused-ring (bicyclic) bond motifs is 6. The van der Waals surface area contributed by atoms with Gasteiger partial charge < -0.3 is 13.7 Å². The molecule has 0 radical (unpaired) electrons. The highest BCUT2D eigenvalue weighted by Gasteiger charge is 2.19. The van der Waals surface area contributed by atoms with Crippen molar-refractivity contribution in [1.82, 2.24) is 4.98 Å². The molecule has 39 heavy (non-hydrogen) atoms. The van der Waals surface area contributed by atoms with Crippen LogP contribution in [0.4, 0.5) is 17.1 Å². The van der Waals surface area contributed by atoms with Crippen molar-refractivity contribution in [2.45, 2.75) is 0 Å². The van der Waals surface area contributed by atoms with Crippen molar-refractivity contribution in [3.05, 3.63) is 133 Å². The van der Waals surface area contributed by atoms with E-state index in [2.05, 4.69) is 83.8 Å². The van der Waals surface area contributed by atoms with Gasteiger partial charge in [0.25, 0.3) is 0 Å². The molecule has 0 N–H and O–H groups in total. The number of anilines is 3. The maximum absolute atomic E-state index is 6.18. The van der Waals surface area contributed by atoms with E-state index in [9.17, 15) is 0 Å². The first-order valence-corrected chi connectivity index (χ1v) is 13.0. The van der Waals surface area contributed by atoms with Crippen LogP contribution >= 0.6 is 0 Å². The third-order valence-electron chi connectivity index (χ3n) is 7.29. The van der Waals surface area contributed by atoms with Crippen LogP contribution in [0.5, 0.6) is 0 Å². The molecular weight excluding hydrogens is 480 g/mol. The highest BCUT2D eigenvalue weighted by molar-refractivity contribution is 6.11. The normalized spacial score (nSPS) is 11.6. The second-order valence-corrected chi connectivity index (χ2v) is 9.62. The Morgan fingerprint density at radius 1 is 0.462 bits per heavy atom. The van der Waals surface area contributed by atoms with Crippen LogP contribution in [0.25, 0.3) is 55.3 Å². The molecule has 6 aromatic carbocycles. The molecular formula is C35H22N2O2. The fourth-order valence-electron chi connectivity index (χ4n) is 5.49. The van der Waals surface area contributed by atoms with Crippen molar-refractivity contribution in [3.8, 4) is 11.5 Å². The van der Waals surface area contributed by atoms with E-state index in [1.165, 1.54) is 0 Å². The van der Waals surface area contributed by atoms with E-state index in [1.54, 1.807) is 0 Å². The molecule has 4 heteroatoms. The van der Waals surface area contributed by atoms with Gasteiger partial charge in [0, 0.05) is 38.5 Å². The lowest BCUT2D eigenvalue weighted by molar-refractivity contribution is 0.620. The van der Waals surface area contributed by atoms with E-state index in [0.717, 1.165) is 66.4 Å². The molecule has 0 atom stereocenters. The molecule has 0 aliphatic carbocycles. The number of rotatable bonds is 4. The second kappa shape index (κ2) is 8.61. The van der Waals surface area contributed by atoms with Gasteiger partial charge in [0.1, 0.15) is 16.7 Å². The zero-order valence-electron chi connectivity index (χ0n) is 20.9. The maximum atomic E-state index is 6.18. The lowest BCUT2D eigenvalue weighted by Crippen LogP contribution is -2.10. The van der Waals surface area contributed by atoms with E-state index in [1.807, 2.05) is 54.6 Å². The highest BCUT2D eigenvalue weighted by Crippen LogP contribution is 2.42. The smallest absolute Gasteiger partial charge is 0.227 e. The molecule has 0 amide bonds. The van der Waals surface area contributed by atoms with Crippen molar-refractivity contribution < 1.29 is 8.83 Å². The Bertz CT molecular complexity index is 2130. The summed E-state index contributed by atoms with van der Waals surface area (Å²) in [5, 5.41) is 4.35. The van der Waals surface area contributed by atoms with Crippen molar-refractivity contribution in [3.63, 3.8) is 0 Å². The first kappa shape index (κ1) is 21.7. The largest absolute Gasteiger partial charge is 0.456 e. The van der Waals surface area contributed by atoms with Crippen LogP contribution in [0, 0.1) is 0 Å². The van der Waals surface area contributed by atoms with E-state index >= 15 is 0 Å². The molecule has 0 unspecified atom stereocenters. The monoisotopic (exact) mass is 502 g/mol. The molecule has 0 spiro atoms. The van der Waals surface area contributed by atoms with E-state index < -0.39 is 0 Å². The Balaban J connectivity index is 1.36. The second-order valence-electron chi connectivity index (χ2n) is 9.62. The molecule has 2 heterocycles. The van der Waals surface area contributed by atoms with Gasteiger partial charge in [0.05, 0.1) is 5.69 Å². The van der Waals surface area contributed by atoms with Gasteiger partial charge in [0.15, 0.2) is 5.58 Å². The SMILES string of the molecule is c1ccc(-c2nc3c(ccc4c(N(c5ccccc5)c5ccc6oc7ccccc7c6c5)cccc43)o2)cc1. The summed E-state index contributed by atoms with van der Waals surface area (Å²) >= 11 is 0. The van der Waals surface area contributed by atoms with Crippen molar-refractivity contribution in [2.75, 3.05) is 4.90 Å². The van der Waals surface area contributed by atoms with Crippen molar-refractivity contribution in [1.29, 1.82) is 0 Å². The number of para-hydroxylation sites is 2. The van der Waals surface area contributed by atoms with Crippen LogP contribution in [-0.4, -0.2) is 4.98 Å². The van der Waals surface area contributed by atoms with Crippen LogP contribution in [0.3, 0.4) is 0 Å². The first-order chi connectivity index (χ1) is 19.3. The van der Waals surface area contributed by atoms with Gasteiger partial charge in [-0.2, -0.15) is 0 Å². The third kappa shape index (κ3) is 3.50. The topological polar surface area (TPSA) is 42.4 Å². The Hall–Kier alpha value is -5.35. The van der Waals surface area contributed by atoms with Crippen molar-refractivity contribution in [2.24, 2.45) is 0 Å². The summed E-state index contributed by atoms with van der Waals surface area (Å²) in [6.45, 7) is 0. The summed E-state index contributed by atoms with van der Waals surface area (Å²) in [4.78, 5) is 7.23. The maximum Gasteiger partial charge on any atom is 0.227 e. The first-order valence-electron chi connectivity index (χ1n) is 13.0. The van der Waals surface area contributed by atoms with E-state index in [4.69, 9.17) is 13.8 Å². The van der Waals surface area contributed by atoms with Gasteiger partial charge in [-0.05, 0) is 66.7 Å². The number of nitrogens with zero attached hydrogens (tertiary/aromatic N) is 2. The average Bonchev–Trinajstić information content (AvgIpc) is 3.60. The van der Waals surface area contributed by atoms with E-state index in [0.29, 0.717) is 5.89 Å². The minimum Gasteiger partial charge on any atom is -0.456 e. The third-order valence-corrected chi connectivity index (χ3v) is 7.29. The molecule has 0 bridgehead atoms. The van der Waals surface area contributed by atoms with Crippen LogP contribution in [0.15, 0.2) is 142 Å². The fraction of sp³-hybridized carbons (Fsp3) is 0. The minimum absolute atomic E-state index is 0.626. The zero-order valence-corrected chi connectivity index (χ0v) is 20.9. The number of aromatic nitrogens is 1. The Morgan fingerprint density at radius 3 is 2.05 bits per heavy atom. The molecule has 2 aromatic heterocycles. The summed E-state index contributed by atoms with van der Waals surface area (Å²) < 4.78 is 12.3. The molecule has 0 fully saturated rings. The summed E-state index contributed by atoms with van der Waals surface area (Å²) in [6, 6.07) is 45.6. The van der Waals surface area contributed by atoms with Crippen LogP contribution in [0.1, 0.15) is 0 Å². The zero-order chi connectivity index (χ0) is 25.8. The van der Waals surface area contributed by atoms with Gasteiger partial charge in [-0.15, -0.1) is 0 Å². The van der Waals surface area contributed by atoms with Gasteiger partial charge >= 0.3 is 0 Å². The lowest BCUT2D eigenvalue weighted by Gasteiger charge is -2.27. The number of oxazole rings is 1. The van der Waals surface area contributed by atoms with E-state index in [-0.39, 0.29) is 0 Å². The fourth-order valence-corrected chi connectivity index (χ4v) is 5.49. The molecule has 4 nitrogen and oxygen atoms in total. The van der Waals surface area contributed by atoms with Crippen LogP contribution in [-0.2, 0) is 0 Å². The summed E-state index contributed by atoms with van der Waals surface area (Å²) in [6.07, 6.45) is 0. The van der Waals surface area contributed by atoms with Crippen molar-refractivity contribution >= 4 is 60.9 Å². The molecule has 0 saturated carbocycles.